The minimum Gasteiger partial charge on any atom is -0.456 e. The number of rotatable bonds is 5. The van der Waals surface area contributed by atoms with Gasteiger partial charge in [0.05, 0.1) is 0 Å². The molecule has 0 bridgehead atoms. The van der Waals surface area contributed by atoms with Crippen molar-refractivity contribution in [1.82, 2.24) is 15.0 Å². The fraction of sp³-hybridized carbons (Fsp3) is 0. The molecule has 4 nitrogen and oxygen atoms in total. The average molecular weight is 764 g/mol. The number of para-hydroxylation sites is 1. The second-order valence-electron chi connectivity index (χ2n) is 14.3. The van der Waals surface area contributed by atoms with E-state index >= 15 is 0 Å². The molecule has 57 heavy (non-hydrogen) atoms. The highest BCUT2D eigenvalue weighted by Gasteiger charge is 2.21. The maximum atomic E-state index is 6.66. The lowest BCUT2D eigenvalue weighted by molar-refractivity contribution is 0.669. The van der Waals surface area contributed by atoms with Crippen LogP contribution >= 0.6 is 22.7 Å². The van der Waals surface area contributed by atoms with E-state index in [1.165, 1.54) is 51.5 Å². The number of aromatic nitrogens is 3. The molecule has 0 saturated heterocycles. The summed E-state index contributed by atoms with van der Waals surface area (Å²) in [5, 5.41) is 7.26. The van der Waals surface area contributed by atoms with E-state index < -0.39 is 0 Å². The van der Waals surface area contributed by atoms with Gasteiger partial charge < -0.3 is 4.42 Å². The molecule has 0 atom stereocenters. The SMILES string of the molecule is c1ccc(-c2nc(-c3ccccc3)nc(-c3ccc4c(c3)sc3cccc(-c5cc(-c6cccc7c6sc6ccccc67)cc6oc7ccccc7c56)c34)n2)cc1. The van der Waals surface area contributed by atoms with Crippen molar-refractivity contribution in [2.75, 3.05) is 0 Å². The van der Waals surface area contributed by atoms with E-state index in [0.29, 0.717) is 17.5 Å². The summed E-state index contributed by atoms with van der Waals surface area (Å²) in [6.45, 7) is 0. The van der Waals surface area contributed by atoms with Crippen molar-refractivity contribution in [3.8, 4) is 56.4 Å². The van der Waals surface area contributed by atoms with Gasteiger partial charge in [-0.05, 0) is 58.7 Å². The third kappa shape index (κ3) is 5.22. The highest BCUT2D eigenvalue weighted by molar-refractivity contribution is 7.26. The van der Waals surface area contributed by atoms with Crippen molar-refractivity contribution in [3.63, 3.8) is 0 Å². The fourth-order valence-corrected chi connectivity index (χ4v) is 10.7. The van der Waals surface area contributed by atoms with Crippen LogP contribution in [0, 0.1) is 0 Å². The van der Waals surface area contributed by atoms with Crippen molar-refractivity contribution in [1.29, 1.82) is 0 Å². The van der Waals surface area contributed by atoms with E-state index in [4.69, 9.17) is 19.4 Å². The van der Waals surface area contributed by atoms with Gasteiger partial charge in [0.25, 0.3) is 0 Å². The molecule has 6 heteroatoms. The number of thiophene rings is 2. The molecule has 0 saturated carbocycles. The Kier molecular flexibility index (Phi) is 7.24. The molecule has 4 heterocycles. The molecule has 266 valence electrons. The highest BCUT2D eigenvalue weighted by atomic mass is 32.1. The van der Waals surface area contributed by atoms with Gasteiger partial charge in [-0.2, -0.15) is 0 Å². The Bertz CT molecular complexity index is 3470. The van der Waals surface area contributed by atoms with Crippen molar-refractivity contribution in [3.05, 3.63) is 176 Å². The van der Waals surface area contributed by atoms with Crippen LogP contribution in [0.25, 0.3) is 119 Å². The summed E-state index contributed by atoms with van der Waals surface area (Å²) in [6, 6.07) is 62.0. The molecule has 0 N–H and O–H groups in total. The smallest absolute Gasteiger partial charge is 0.164 e. The average Bonchev–Trinajstić information content (AvgIpc) is 3.97. The Balaban J connectivity index is 1.07. The summed E-state index contributed by atoms with van der Waals surface area (Å²) < 4.78 is 11.6. The number of furan rings is 1. The van der Waals surface area contributed by atoms with Gasteiger partial charge in [0, 0.05) is 67.8 Å². The summed E-state index contributed by atoms with van der Waals surface area (Å²) in [6.07, 6.45) is 0. The van der Waals surface area contributed by atoms with Crippen LogP contribution in [0.15, 0.2) is 180 Å². The molecule has 4 aromatic heterocycles. The normalized spacial score (nSPS) is 11.9. The van der Waals surface area contributed by atoms with Gasteiger partial charge in [-0.1, -0.05) is 140 Å². The van der Waals surface area contributed by atoms with Gasteiger partial charge in [-0.3, -0.25) is 0 Å². The van der Waals surface area contributed by atoms with E-state index in [1.807, 2.05) is 78.1 Å². The van der Waals surface area contributed by atoms with Crippen LogP contribution in [-0.4, -0.2) is 15.0 Å². The van der Waals surface area contributed by atoms with Crippen molar-refractivity contribution >= 4 is 85.0 Å². The fourth-order valence-electron chi connectivity index (χ4n) is 8.32. The van der Waals surface area contributed by atoms with Gasteiger partial charge >= 0.3 is 0 Å². The molecule has 12 rings (SSSR count). The number of benzene rings is 8. The molecule has 0 aliphatic carbocycles. The molecule has 8 aromatic carbocycles. The monoisotopic (exact) mass is 763 g/mol. The Labute approximate surface area is 335 Å². The van der Waals surface area contributed by atoms with Crippen molar-refractivity contribution in [2.45, 2.75) is 0 Å². The Morgan fingerprint density at radius 3 is 1.75 bits per heavy atom. The van der Waals surface area contributed by atoms with Crippen LogP contribution in [0.2, 0.25) is 0 Å². The second kappa shape index (κ2) is 12.8. The van der Waals surface area contributed by atoms with E-state index in [0.717, 1.165) is 49.8 Å². The first-order chi connectivity index (χ1) is 28.2. The molecular weight excluding hydrogens is 735 g/mol. The lowest BCUT2D eigenvalue weighted by atomic mass is 9.91. The molecule has 0 spiro atoms. The number of fused-ring (bicyclic) bond motifs is 9. The van der Waals surface area contributed by atoms with Crippen LogP contribution in [-0.2, 0) is 0 Å². The zero-order valence-corrected chi connectivity index (χ0v) is 31.9. The predicted octanol–water partition coefficient (Wildman–Crippen LogP) is 14.8. The van der Waals surface area contributed by atoms with Gasteiger partial charge in [0.2, 0.25) is 0 Å². The van der Waals surface area contributed by atoms with Crippen LogP contribution in [0.3, 0.4) is 0 Å². The van der Waals surface area contributed by atoms with Crippen LogP contribution in [0.5, 0.6) is 0 Å². The topological polar surface area (TPSA) is 51.8 Å². The molecule has 0 unspecified atom stereocenters. The Morgan fingerprint density at radius 2 is 0.965 bits per heavy atom. The molecule has 0 aliphatic rings. The lowest BCUT2D eigenvalue weighted by Gasteiger charge is -2.11. The standard InChI is InChI=1S/C51H29N3OS2/c1-3-13-30(14-4-1)49-52-50(31-15-5-2-6-16-31)54-51(53-49)32-25-26-39-45(29-32)56-44-24-12-20-36(47(39)44)40-27-33(28-42-46(40)38-18-7-9-22-41(38)55-42)34-19-11-21-37-35-17-8-10-23-43(35)57-48(34)37/h1-29H. The van der Waals surface area contributed by atoms with E-state index in [9.17, 15) is 0 Å². The second-order valence-corrected chi connectivity index (χ2v) is 16.4. The van der Waals surface area contributed by atoms with Gasteiger partial charge in [0.15, 0.2) is 17.5 Å². The molecule has 0 amide bonds. The minimum atomic E-state index is 0.650. The van der Waals surface area contributed by atoms with Crippen LogP contribution in [0.4, 0.5) is 0 Å². The summed E-state index contributed by atoms with van der Waals surface area (Å²) in [7, 11) is 0. The quantitative estimate of drug-likeness (QED) is 0.175. The summed E-state index contributed by atoms with van der Waals surface area (Å²) >= 11 is 3.66. The number of nitrogens with zero attached hydrogens (tertiary/aromatic N) is 3. The lowest BCUT2D eigenvalue weighted by Crippen LogP contribution is -1.99. The predicted molar refractivity (Wildman–Crippen MR) is 240 cm³/mol. The third-order valence-electron chi connectivity index (χ3n) is 10.9. The maximum absolute atomic E-state index is 6.66. The van der Waals surface area contributed by atoms with Gasteiger partial charge in [0.1, 0.15) is 11.2 Å². The van der Waals surface area contributed by atoms with Gasteiger partial charge in [-0.15, -0.1) is 22.7 Å². The summed E-state index contributed by atoms with van der Waals surface area (Å²) in [5.74, 6) is 1.96. The third-order valence-corrected chi connectivity index (χ3v) is 13.3. The molecule has 12 aromatic rings. The van der Waals surface area contributed by atoms with Crippen molar-refractivity contribution < 1.29 is 4.42 Å². The molecule has 0 fully saturated rings. The van der Waals surface area contributed by atoms with Crippen LogP contribution in [0.1, 0.15) is 0 Å². The maximum Gasteiger partial charge on any atom is 0.164 e. The van der Waals surface area contributed by atoms with Crippen LogP contribution < -0.4 is 0 Å². The largest absolute Gasteiger partial charge is 0.456 e. The summed E-state index contributed by atoms with van der Waals surface area (Å²) in [4.78, 5) is 15.0. The number of hydrogen-bond donors (Lipinski definition) is 0. The molecule has 0 radical (unpaired) electrons. The first kappa shape index (κ1) is 32.3. The number of hydrogen-bond acceptors (Lipinski definition) is 6. The minimum absolute atomic E-state index is 0.650. The summed E-state index contributed by atoms with van der Waals surface area (Å²) in [5.41, 5.74) is 9.35. The first-order valence-corrected chi connectivity index (χ1v) is 20.6. The first-order valence-electron chi connectivity index (χ1n) is 18.9. The molecular formula is C51H29N3OS2. The van der Waals surface area contributed by atoms with Gasteiger partial charge in [-0.25, -0.2) is 15.0 Å². The Morgan fingerprint density at radius 1 is 0.333 bits per heavy atom. The van der Waals surface area contributed by atoms with E-state index in [2.05, 4.69) is 109 Å². The van der Waals surface area contributed by atoms with Crippen molar-refractivity contribution in [2.24, 2.45) is 0 Å². The zero-order valence-electron chi connectivity index (χ0n) is 30.3. The Hall–Kier alpha value is -6.99. The molecule has 0 aliphatic heterocycles. The van der Waals surface area contributed by atoms with E-state index in [1.54, 1.807) is 11.3 Å². The van der Waals surface area contributed by atoms with E-state index in [-0.39, 0.29) is 0 Å². The highest BCUT2D eigenvalue weighted by Crippen LogP contribution is 2.48. The zero-order chi connectivity index (χ0) is 37.5.